The van der Waals surface area contributed by atoms with Gasteiger partial charge in [-0.25, -0.2) is 15.0 Å². The van der Waals surface area contributed by atoms with Crippen molar-refractivity contribution in [2.45, 2.75) is 0 Å². The highest BCUT2D eigenvalue weighted by Gasteiger charge is 2.18. The maximum absolute atomic E-state index is 5.24. The normalized spacial score (nSPS) is 11.6. The number of hydrogen-bond acceptors (Lipinski definition) is 4. The predicted octanol–water partition coefficient (Wildman–Crippen LogP) is 14.0. The monoisotopic (exact) mass is 717 g/mol. The van der Waals surface area contributed by atoms with E-state index in [2.05, 4.69) is 170 Å². The molecule has 0 unspecified atom stereocenters. The Kier molecular flexibility index (Phi) is 7.35. The van der Waals surface area contributed by atoms with Gasteiger partial charge in [0.05, 0.1) is 0 Å². The molecule has 55 heavy (non-hydrogen) atoms. The third kappa shape index (κ3) is 5.38. The molecule has 11 rings (SSSR count). The number of fused-ring (bicyclic) bond motifs is 7. The molecular weight excluding hydrogens is 687 g/mol. The molecule has 0 aliphatic heterocycles. The zero-order valence-electron chi connectivity index (χ0n) is 29.6. The first-order valence-corrected chi connectivity index (χ1v) is 19.3. The number of aromatic nitrogens is 3. The summed E-state index contributed by atoms with van der Waals surface area (Å²) < 4.78 is 2.61. The van der Waals surface area contributed by atoms with Crippen LogP contribution < -0.4 is 0 Å². The van der Waals surface area contributed by atoms with Crippen molar-refractivity contribution in [2.24, 2.45) is 0 Å². The smallest absolute Gasteiger partial charge is 0.164 e. The van der Waals surface area contributed by atoms with E-state index in [-0.39, 0.29) is 0 Å². The van der Waals surface area contributed by atoms with Crippen molar-refractivity contribution in [3.05, 3.63) is 188 Å². The Morgan fingerprint density at radius 3 is 1.60 bits per heavy atom. The first kappa shape index (κ1) is 31.5. The van der Waals surface area contributed by atoms with E-state index in [1.165, 1.54) is 52.8 Å². The fourth-order valence-corrected chi connectivity index (χ4v) is 9.24. The van der Waals surface area contributed by atoms with Crippen LogP contribution >= 0.6 is 11.3 Å². The molecule has 2 heterocycles. The molecule has 256 valence electrons. The van der Waals surface area contributed by atoms with Crippen LogP contribution in [0.3, 0.4) is 0 Å². The van der Waals surface area contributed by atoms with E-state index in [1.54, 1.807) is 0 Å². The second-order valence-corrected chi connectivity index (χ2v) is 15.0. The molecule has 0 aliphatic carbocycles. The third-order valence-electron chi connectivity index (χ3n) is 10.7. The van der Waals surface area contributed by atoms with E-state index in [9.17, 15) is 0 Å². The molecule has 0 saturated carbocycles. The van der Waals surface area contributed by atoms with Gasteiger partial charge >= 0.3 is 0 Å². The summed E-state index contributed by atoms with van der Waals surface area (Å²) >= 11 is 1.84. The van der Waals surface area contributed by atoms with Gasteiger partial charge in [0.1, 0.15) is 0 Å². The average Bonchev–Trinajstić information content (AvgIpc) is 3.64. The van der Waals surface area contributed by atoms with Crippen molar-refractivity contribution in [1.82, 2.24) is 15.0 Å². The van der Waals surface area contributed by atoms with Crippen molar-refractivity contribution in [1.29, 1.82) is 0 Å². The van der Waals surface area contributed by atoms with Gasteiger partial charge < -0.3 is 0 Å². The lowest BCUT2D eigenvalue weighted by Gasteiger charge is -2.16. The summed E-state index contributed by atoms with van der Waals surface area (Å²) in [5.74, 6) is 1.93. The Balaban J connectivity index is 1.08. The van der Waals surface area contributed by atoms with E-state index in [0.29, 0.717) is 17.5 Å². The quantitative estimate of drug-likeness (QED) is 0.166. The van der Waals surface area contributed by atoms with Gasteiger partial charge in [-0.1, -0.05) is 176 Å². The van der Waals surface area contributed by atoms with Gasteiger partial charge in [-0.3, -0.25) is 0 Å². The molecule has 0 atom stereocenters. The zero-order valence-corrected chi connectivity index (χ0v) is 30.5. The van der Waals surface area contributed by atoms with Crippen molar-refractivity contribution < 1.29 is 0 Å². The highest BCUT2D eigenvalue weighted by atomic mass is 32.1. The number of rotatable bonds is 5. The summed E-state index contributed by atoms with van der Waals surface area (Å²) in [6, 6.07) is 66.9. The van der Waals surface area contributed by atoms with Gasteiger partial charge in [0.2, 0.25) is 0 Å². The van der Waals surface area contributed by atoms with Gasteiger partial charge in [-0.05, 0) is 61.3 Å². The minimum atomic E-state index is 0.640. The summed E-state index contributed by atoms with van der Waals surface area (Å²) in [7, 11) is 0. The van der Waals surface area contributed by atoms with Crippen molar-refractivity contribution in [3.63, 3.8) is 0 Å². The third-order valence-corrected chi connectivity index (χ3v) is 11.9. The van der Waals surface area contributed by atoms with Gasteiger partial charge in [-0.15, -0.1) is 11.3 Å². The lowest BCUT2D eigenvalue weighted by molar-refractivity contribution is 1.08. The molecule has 0 N–H and O–H groups in total. The van der Waals surface area contributed by atoms with Gasteiger partial charge in [0, 0.05) is 42.2 Å². The molecule has 0 saturated heterocycles. The second-order valence-electron chi connectivity index (χ2n) is 14.0. The Morgan fingerprint density at radius 2 is 0.818 bits per heavy atom. The van der Waals surface area contributed by atoms with Crippen molar-refractivity contribution in [2.75, 3.05) is 0 Å². The van der Waals surface area contributed by atoms with Crippen molar-refractivity contribution >= 4 is 63.8 Å². The molecule has 0 amide bonds. The SMILES string of the molecule is c1ccc(-c2nc(-c3ccc(-c4ccc5c(c4)sc4ccccc45)cc3)nc(-c3cccc4cccc(-c5cccc6ccc7ccccc7c56)c34)n2)cc1. The maximum atomic E-state index is 5.24. The summed E-state index contributed by atoms with van der Waals surface area (Å²) in [6.07, 6.45) is 0. The van der Waals surface area contributed by atoms with Gasteiger partial charge in [0.25, 0.3) is 0 Å². The first-order valence-electron chi connectivity index (χ1n) is 18.5. The fourth-order valence-electron chi connectivity index (χ4n) is 8.09. The molecule has 4 heteroatoms. The molecule has 2 aromatic heterocycles. The topological polar surface area (TPSA) is 38.7 Å². The summed E-state index contributed by atoms with van der Waals surface area (Å²) in [4.78, 5) is 15.5. The Labute approximate surface area is 321 Å². The highest BCUT2D eigenvalue weighted by molar-refractivity contribution is 7.25. The van der Waals surface area contributed by atoms with E-state index >= 15 is 0 Å². The lowest BCUT2D eigenvalue weighted by Crippen LogP contribution is -2.01. The largest absolute Gasteiger partial charge is 0.208 e. The number of hydrogen-bond donors (Lipinski definition) is 0. The van der Waals surface area contributed by atoms with Crippen LogP contribution in [0.4, 0.5) is 0 Å². The summed E-state index contributed by atoms with van der Waals surface area (Å²) in [5, 5.41) is 9.80. The first-order chi connectivity index (χ1) is 27.2. The van der Waals surface area contributed by atoms with Crippen LogP contribution in [-0.4, -0.2) is 15.0 Å². The molecular formula is C51H31N3S. The van der Waals surface area contributed by atoms with Crippen LogP contribution in [0.5, 0.6) is 0 Å². The molecule has 0 spiro atoms. The minimum absolute atomic E-state index is 0.640. The number of thiophene rings is 1. The van der Waals surface area contributed by atoms with Crippen LogP contribution in [-0.2, 0) is 0 Å². The van der Waals surface area contributed by atoms with Crippen molar-refractivity contribution in [3.8, 4) is 56.4 Å². The van der Waals surface area contributed by atoms with Crippen LogP contribution in [0.2, 0.25) is 0 Å². The molecule has 3 nitrogen and oxygen atoms in total. The minimum Gasteiger partial charge on any atom is -0.208 e. The summed E-state index contributed by atoms with van der Waals surface area (Å²) in [5.41, 5.74) is 7.54. The molecule has 0 fully saturated rings. The standard InChI is InChI=1S/C51H31N3S/c1-2-12-36(13-3-1)49-52-50(37-27-23-32(24-28-37)38-29-30-41-40-18-6-7-22-45(40)55-46(41)31-38)54-51(53-49)44-21-10-15-34-14-8-20-43(48(34)44)42-19-9-16-35-26-25-33-11-4-5-17-39(33)47(35)42/h1-31H. The Hall–Kier alpha value is -7.01. The fraction of sp³-hybridized carbons (Fsp3) is 0. The van der Waals surface area contributed by atoms with Crippen LogP contribution in [0.1, 0.15) is 0 Å². The second kappa shape index (κ2) is 12.8. The number of nitrogens with zero attached hydrogens (tertiary/aromatic N) is 3. The average molecular weight is 718 g/mol. The lowest BCUT2D eigenvalue weighted by atomic mass is 9.89. The molecule has 0 aliphatic rings. The Morgan fingerprint density at radius 1 is 0.291 bits per heavy atom. The van der Waals surface area contributed by atoms with E-state index in [0.717, 1.165) is 38.6 Å². The number of benzene rings is 9. The van der Waals surface area contributed by atoms with Gasteiger partial charge in [-0.2, -0.15) is 0 Å². The maximum Gasteiger partial charge on any atom is 0.164 e. The van der Waals surface area contributed by atoms with Gasteiger partial charge in [0.15, 0.2) is 17.5 Å². The highest BCUT2D eigenvalue weighted by Crippen LogP contribution is 2.42. The van der Waals surface area contributed by atoms with E-state index in [4.69, 9.17) is 15.0 Å². The molecule has 0 radical (unpaired) electrons. The zero-order chi connectivity index (χ0) is 36.3. The summed E-state index contributed by atoms with van der Waals surface area (Å²) in [6.45, 7) is 0. The van der Waals surface area contributed by atoms with Crippen LogP contribution in [0, 0.1) is 0 Å². The Bertz CT molecular complexity index is 3250. The van der Waals surface area contributed by atoms with E-state index in [1.807, 2.05) is 29.5 Å². The molecule has 9 aromatic carbocycles. The van der Waals surface area contributed by atoms with E-state index < -0.39 is 0 Å². The van der Waals surface area contributed by atoms with Crippen LogP contribution in [0.15, 0.2) is 188 Å². The molecule has 11 aromatic rings. The molecule has 0 bridgehead atoms. The predicted molar refractivity (Wildman–Crippen MR) is 232 cm³/mol. The van der Waals surface area contributed by atoms with Crippen LogP contribution in [0.25, 0.3) is 109 Å².